The highest BCUT2D eigenvalue weighted by Crippen LogP contribution is 2.27. The van der Waals surface area contributed by atoms with Crippen molar-refractivity contribution < 1.29 is 18.4 Å². The van der Waals surface area contributed by atoms with E-state index >= 15 is 0 Å². The van der Waals surface area contributed by atoms with Gasteiger partial charge < -0.3 is 0 Å². The van der Waals surface area contributed by atoms with E-state index in [9.17, 15) is 18.4 Å². The van der Waals surface area contributed by atoms with Gasteiger partial charge in [0.2, 0.25) is 0 Å². The summed E-state index contributed by atoms with van der Waals surface area (Å²) in [5.74, 6) is -3.44. The Morgan fingerprint density at radius 2 is 1.47 bits per heavy atom. The fourth-order valence-electron chi connectivity index (χ4n) is 1.54. The Morgan fingerprint density at radius 3 is 1.80 bits per heavy atom. The molecule has 0 N–H and O–H groups in total. The van der Waals surface area contributed by atoms with Gasteiger partial charge in [-0.2, -0.15) is 0 Å². The lowest BCUT2D eigenvalue weighted by Crippen LogP contribution is -2.29. The number of carbonyl (C=O) groups is 2. The Morgan fingerprint density at radius 1 is 1.07 bits per heavy atom. The normalized spacial score (nSPS) is 14.7. The second kappa shape index (κ2) is 3.12. The molecule has 0 saturated carbocycles. The maximum Gasteiger partial charge on any atom is 0.264 e. The molecule has 1 aliphatic rings. The average molecular weight is 210 g/mol. The molecule has 0 aromatic heterocycles. The zero-order valence-corrected chi connectivity index (χ0v) is 7.59. The van der Waals surface area contributed by atoms with Crippen LogP contribution in [-0.4, -0.2) is 23.3 Å². The Kier molecular flexibility index (Phi) is 2.03. The number of nitrogens with zero attached hydrogens (tertiary/aromatic N) is 1. The lowest BCUT2D eigenvalue weighted by atomic mass is 10.1. The van der Waals surface area contributed by atoms with Gasteiger partial charge in [0.05, 0.1) is 11.1 Å². The van der Waals surface area contributed by atoms with Crippen molar-refractivity contribution in [1.82, 2.24) is 4.90 Å². The lowest BCUT2D eigenvalue weighted by Gasteiger charge is -2.08. The standard InChI is InChI=1S/C10H6F2NO2/c1-2-13-9(14)7-5(11)3-4-6(12)8(7)10(13)15/h3-4H,1-2H2. The first-order chi connectivity index (χ1) is 7.07. The molecule has 5 heteroatoms. The van der Waals surface area contributed by atoms with Crippen molar-refractivity contribution in [2.75, 3.05) is 6.54 Å². The first-order valence-electron chi connectivity index (χ1n) is 4.21. The highest BCUT2D eigenvalue weighted by molar-refractivity contribution is 6.21. The number of imide groups is 1. The van der Waals surface area contributed by atoms with Crippen molar-refractivity contribution in [3.8, 4) is 0 Å². The van der Waals surface area contributed by atoms with E-state index in [1.807, 2.05) is 0 Å². The van der Waals surface area contributed by atoms with E-state index in [1.165, 1.54) is 0 Å². The van der Waals surface area contributed by atoms with Gasteiger partial charge in [-0.15, -0.1) is 0 Å². The minimum absolute atomic E-state index is 0.148. The molecule has 2 amide bonds. The zero-order valence-electron chi connectivity index (χ0n) is 7.59. The lowest BCUT2D eigenvalue weighted by molar-refractivity contribution is 0.0669. The molecule has 15 heavy (non-hydrogen) atoms. The number of benzene rings is 1. The van der Waals surface area contributed by atoms with Crippen LogP contribution >= 0.6 is 0 Å². The van der Waals surface area contributed by atoms with E-state index in [0.717, 1.165) is 12.1 Å². The second-order valence-corrected chi connectivity index (χ2v) is 3.04. The highest BCUT2D eigenvalue weighted by Gasteiger charge is 2.39. The molecule has 77 valence electrons. The molecule has 0 atom stereocenters. The minimum Gasteiger partial charge on any atom is -0.274 e. The SMILES string of the molecule is [CH2]CN1C(=O)c2c(F)ccc(F)c2C1=O. The van der Waals surface area contributed by atoms with Gasteiger partial charge >= 0.3 is 0 Å². The van der Waals surface area contributed by atoms with Gasteiger partial charge in [-0.05, 0) is 19.1 Å². The molecular formula is C10H6F2NO2. The largest absolute Gasteiger partial charge is 0.274 e. The first kappa shape index (κ1) is 9.76. The van der Waals surface area contributed by atoms with Gasteiger partial charge in [0.25, 0.3) is 11.8 Å². The van der Waals surface area contributed by atoms with Crippen LogP contribution in [0.2, 0.25) is 0 Å². The Hall–Kier alpha value is -1.78. The van der Waals surface area contributed by atoms with Gasteiger partial charge in [0.15, 0.2) is 0 Å². The molecule has 1 radical (unpaired) electrons. The zero-order chi connectivity index (χ0) is 11.2. The van der Waals surface area contributed by atoms with Gasteiger partial charge in [-0.1, -0.05) is 0 Å². The summed E-state index contributed by atoms with van der Waals surface area (Å²) in [6.07, 6.45) is 0. The summed E-state index contributed by atoms with van der Waals surface area (Å²) in [6.45, 7) is 3.20. The molecule has 3 nitrogen and oxygen atoms in total. The van der Waals surface area contributed by atoms with Gasteiger partial charge in [-0.25, -0.2) is 8.78 Å². The second-order valence-electron chi connectivity index (χ2n) is 3.04. The molecule has 1 aromatic carbocycles. The quantitative estimate of drug-likeness (QED) is 0.657. The summed E-state index contributed by atoms with van der Waals surface area (Å²) < 4.78 is 26.4. The van der Waals surface area contributed by atoms with Gasteiger partial charge in [0, 0.05) is 6.54 Å². The maximum atomic E-state index is 13.2. The number of hydrogen-bond acceptors (Lipinski definition) is 2. The summed E-state index contributed by atoms with van der Waals surface area (Å²) in [5.41, 5.74) is -0.993. The molecule has 2 rings (SSSR count). The third-order valence-electron chi connectivity index (χ3n) is 2.25. The van der Waals surface area contributed by atoms with Crippen molar-refractivity contribution >= 4 is 11.8 Å². The summed E-state index contributed by atoms with van der Waals surface area (Å²) in [5, 5.41) is 0. The molecule has 1 aliphatic heterocycles. The topological polar surface area (TPSA) is 37.4 Å². The third-order valence-corrected chi connectivity index (χ3v) is 2.25. The predicted octanol–water partition coefficient (Wildman–Crippen LogP) is 1.39. The molecule has 0 aliphatic carbocycles. The molecule has 0 unspecified atom stereocenters. The van der Waals surface area contributed by atoms with Crippen molar-refractivity contribution in [3.05, 3.63) is 41.8 Å². The molecular weight excluding hydrogens is 204 g/mol. The molecule has 1 aromatic rings. The van der Waals surface area contributed by atoms with Crippen molar-refractivity contribution in [3.63, 3.8) is 0 Å². The molecule has 0 spiro atoms. The van der Waals surface area contributed by atoms with Crippen LogP contribution < -0.4 is 0 Å². The predicted molar refractivity (Wildman–Crippen MR) is 47.1 cm³/mol. The summed E-state index contributed by atoms with van der Waals surface area (Å²) in [4.78, 5) is 23.6. The van der Waals surface area contributed by atoms with Crippen molar-refractivity contribution in [2.45, 2.75) is 0 Å². The van der Waals surface area contributed by atoms with E-state index in [-0.39, 0.29) is 6.54 Å². The van der Waals surface area contributed by atoms with Crippen LogP contribution in [0.5, 0.6) is 0 Å². The number of carbonyl (C=O) groups excluding carboxylic acids is 2. The number of amides is 2. The summed E-state index contributed by atoms with van der Waals surface area (Å²) >= 11 is 0. The van der Waals surface area contributed by atoms with Gasteiger partial charge in [-0.3, -0.25) is 14.5 Å². The Bertz CT molecular complexity index is 430. The van der Waals surface area contributed by atoms with E-state index in [4.69, 9.17) is 0 Å². The van der Waals surface area contributed by atoms with Crippen LogP contribution in [-0.2, 0) is 0 Å². The van der Waals surface area contributed by atoms with E-state index in [0.29, 0.717) is 4.90 Å². The van der Waals surface area contributed by atoms with Crippen LogP contribution in [0.15, 0.2) is 12.1 Å². The Labute approximate surface area is 84.3 Å². The summed E-state index contributed by atoms with van der Waals surface area (Å²) in [7, 11) is 0. The average Bonchev–Trinajstić information content (AvgIpc) is 2.46. The van der Waals surface area contributed by atoms with Crippen LogP contribution in [0.25, 0.3) is 0 Å². The van der Waals surface area contributed by atoms with E-state index in [1.54, 1.807) is 0 Å². The van der Waals surface area contributed by atoms with Crippen LogP contribution in [0.4, 0.5) is 8.78 Å². The van der Waals surface area contributed by atoms with Crippen LogP contribution in [0.3, 0.4) is 0 Å². The third kappa shape index (κ3) is 1.16. The highest BCUT2D eigenvalue weighted by atomic mass is 19.1. The van der Waals surface area contributed by atoms with Crippen molar-refractivity contribution in [1.29, 1.82) is 0 Å². The Balaban J connectivity index is 2.72. The monoisotopic (exact) mass is 210 g/mol. The molecule has 0 saturated heterocycles. The smallest absolute Gasteiger partial charge is 0.264 e. The fourth-order valence-corrected chi connectivity index (χ4v) is 1.54. The van der Waals surface area contributed by atoms with Crippen LogP contribution in [0, 0.1) is 18.6 Å². The van der Waals surface area contributed by atoms with Gasteiger partial charge in [0.1, 0.15) is 11.6 Å². The number of rotatable bonds is 1. The van der Waals surface area contributed by atoms with Crippen molar-refractivity contribution in [2.24, 2.45) is 0 Å². The molecule has 0 fully saturated rings. The fraction of sp³-hybridized carbons (Fsp3) is 0.100. The first-order valence-corrected chi connectivity index (χ1v) is 4.21. The van der Waals surface area contributed by atoms with E-state index < -0.39 is 34.6 Å². The number of hydrogen-bond donors (Lipinski definition) is 0. The minimum atomic E-state index is -0.888. The molecule has 1 heterocycles. The maximum absolute atomic E-state index is 13.2. The molecule has 0 bridgehead atoms. The summed E-state index contributed by atoms with van der Waals surface area (Å²) in [6, 6.07) is 1.65. The number of halogens is 2. The number of fused-ring (bicyclic) bond motifs is 1. The van der Waals surface area contributed by atoms with Crippen LogP contribution in [0.1, 0.15) is 20.7 Å². The van der Waals surface area contributed by atoms with E-state index in [2.05, 4.69) is 6.92 Å².